The number of nitrogens with zero attached hydrogens (tertiary/aromatic N) is 4. The normalized spacial score (nSPS) is 10.8. The van der Waals surface area contributed by atoms with Crippen LogP contribution < -0.4 is 5.73 Å². The van der Waals surface area contributed by atoms with Gasteiger partial charge in [0.05, 0.1) is 0 Å². The number of rotatable bonds is 5. The molecule has 8 heteroatoms. The molecule has 0 unspecified atom stereocenters. The summed E-state index contributed by atoms with van der Waals surface area (Å²) in [7, 11) is 1.65. The maximum atomic E-state index is 5.36. The molecule has 0 fully saturated rings. The molecule has 0 bridgehead atoms. The first-order valence-corrected chi connectivity index (χ1v) is 4.79. The van der Waals surface area contributed by atoms with Crippen molar-refractivity contribution >= 4 is 5.95 Å². The van der Waals surface area contributed by atoms with Gasteiger partial charge < -0.3 is 15.0 Å². The number of methoxy groups -OCH3 is 1. The van der Waals surface area contributed by atoms with Crippen LogP contribution in [0.4, 0.5) is 5.95 Å². The lowest BCUT2D eigenvalue weighted by molar-refractivity contribution is 0.194. The van der Waals surface area contributed by atoms with Gasteiger partial charge in [0.25, 0.3) is 5.89 Å². The number of ether oxygens (including phenoxy) is 1. The van der Waals surface area contributed by atoms with E-state index in [0.717, 1.165) is 6.42 Å². The van der Waals surface area contributed by atoms with Crippen molar-refractivity contribution in [3.63, 3.8) is 0 Å². The molecular weight excluding hydrogens is 212 g/mol. The van der Waals surface area contributed by atoms with Gasteiger partial charge in [-0.3, -0.25) is 5.10 Å². The molecule has 16 heavy (non-hydrogen) atoms. The second kappa shape index (κ2) is 4.71. The molecule has 0 aromatic carbocycles. The van der Waals surface area contributed by atoms with Crippen molar-refractivity contribution in [2.45, 2.75) is 12.8 Å². The van der Waals surface area contributed by atoms with Crippen LogP contribution in [0.15, 0.2) is 4.52 Å². The van der Waals surface area contributed by atoms with E-state index in [2.05, 4.69) is 25.3 Å². The Labute approximate surface area is 91.2 Å². The van der Waals surface area contributed by atoms with Gasteiger partial charge in [-0.1, -0.05) is 5.16 Å². The molecule has 0 spiro atoms. The molecule has 0 atom stereocenters. The molecular formula is C8H12N6O2. The van der Waals surface area contributed by atoms with E-state index < -0.39 is 0 Å². The van der Waals surface area contributed by atoms with Crippen LogP contribution in [0.5, 0.6) is 0 Å². The highest BCUT2D eigenvalue weighted by Crippen LogP contribution is 2.12. The summed E-state index contributed by atoms with van der Waals surface area (Å²) in [6.45, 7) is 0.666. The van der Waals surface area contributed by atoms with E-state index >= 15 is 0 Å². The summed E-state index contributed by atoms with van der Waals surface area (Å²) in [6, 6.07) is 0. The molecule has 0 aliphatic heterocycles. The average molecular weight is 224 g/mol. The molecule has 2 rings (SSSR count). The number of H-pyrrole nitrogens is 1. The van der Waals surface area contributed by atoms with E-state index in [9.17, 15) is 0 Å². The third-order valence-electron chi connectivity index (χ3n) is 1.92. The van der Waals surface area contributed by atoms with Crippen LogP contribution >= 0.6 is 0 Å². The molecule has 0 amide bonds. The van der Waals surface area contributed by atoms with Gasteiger partial charge in [-0.15, -0.1) is 5.10 Å². The third-order valence-corrected chi connectivity index (χ3v) is 1.92. The standard InChI is InChI=1S/C8H12N6O2/c1-15-4-2-3-5-10-7(16-14-5)6-11-8(9)13-12-6/h2-4H2,1H3,(H3,9,11,12,13). The van der Waals surface area contributed by atoms with Gasteiger partial charge in [0.1, 0.15) is 0 Å². The number of nitrogens with one attached hydrogen (secondary N) is 1. The maximum Gasteiger partial charge on any atom is 0.295 e. The lowest BCUT2D eigenvalue weighted by Crippen LogP contribution is -1.94. The number of aromatic amines is 1. The van der Waals surface area contributed by atoms with Crippen LogP contribution in [0.3, 0.4) is 0 Å². The Balaban J connectivity index is 2.02. The number of aryl methyl sites for hydroxylation is 1. The van der Waals surface area contributed by atoms with Crippen LogP contribution in [0.1, 0.15) is 12.2 Å². The van der Waals surface area contributed by atoms with Crippen molar-refractivity contribution in [1.29, 1.82) is 0 Å². The van der Waals surface area contributed by atoms with Crippen LogP contribution in [0, 0.1) is 0 Å². The molecule has 2 aromatic heterocycles. The summed E-state index contributed by atoms with van der Waals surface area (Å²) in [4.78, 5) is 8.02. The molecule has 2 heterocycles. The fraction of sp³-hybridized carbons (Fsp3) is 0.500. The molecule has 0 aliphatic rings. The maximum absolute atomic E-state index is 5.36. The van der Waals surface area contributed by atoms with Gasteiger partial charge in [-0.25, -0.2) is 0 Å². The lowest BCUT2D eigenvalue weighted by Gasteiger charge is -1.92. The van der Waals surface area contributed by atoms with Crippen molar-refractivity contribution in [2.24, 2.45) is 0 Å². The first-order chi connectivity index (χ1) is 7.79. The fourth-order valence-electron chi connectivity index (χ4n) is 1.20. The smallest absolute Gasteiger partial charge is 0.295 e. The Morgan fingerprint density at radius 2 is 2.31 bits per heavy atom. The number of hydrogen-bond donors (Lipinski definition) is 2. The third kappa shape index (κ3) is 2.34. The Morgan fingerprint density at radius 3 is 3.00 bits per heavy atom. The highest BCUT2D eigenvalue weighted by Gasteiger charge is 2.12. The summed E-state index contributed by atoms with van der Waals surface area (Å²) in [6.07, 6.45) is 1.54. The van der Waals surface area contributed by atoms with E-state index in [4.69, 9.17) is 15.0 Å². The largest absolute Gasteiger partial charge is 0.385 e. The number of hydrogen-bond acceptors (Lipinski definition) is 7. The molecule has 0 radical (unpaired) electrons. The molecule has 0 aliphatic carbocycles. The zero-order chi connectivity index (χ0) is 11.4. The van der Waals surface area contributed by atoms with Gasteiger partial charge in [0, 0.05) is 20.1 Å². The van der Waals surface area contributed by atoms with E-state index in [1.54, 1.807) is 7.11 Å². The second-order valence-electron chi connectivity index (χ2n) is 3.15. The Kier molecular flexibility index (Phi) is 3.10. The van der Waals surface area contributed by atoms with Gasteiger partial charge in [-0.05, 0) is 6.42 Å². The van der Waals surface area contributed by atoms with Crippen molar-refractivity contribution in [3.05, 3.63) is 5.82 Å². The van der Waals surface area contributed by atoms with E-state index in [-0.39, 0.29) is 11.8 Å². The monoisotopic (exact) mass is 224 g/mol. The molecule has 3 N–H and O–H groups in total. The van der Waals surface area contributed by atoms with Gasteiger partial charge in [-0.2, -0.15) is 9.97 Å². The first-order valence-electron chi connectivity index (χ1n) is 4.79. The number of aromatic nitrogens is 5. The summed E-state index contributed by atoms with van der Waals surface area (Å²) in [5.74, 6) is 1.43. The van der Waals surface area contributed by atoms with Crippen molar-refractivity contribution in [3.8, 4) is 11.7 Å². The minimum Gasteiger partial charge on any atom is -0.385 e. The molecule has 86 valence electrons. The zero-order valence-corrected chi connectivity index (χ0v) is 8.80. The van der Waals surface area contributed by atoms with Crippen LogP contribution in [0.25, 0.3) is 11.7 Å². The minimum absolute atomic E-state index is 0.147. The summed E-state index contributed by atoms with van der Waals surface area (Å²) >= 11 is 0. The summed E-state index contributed by atoms with van der Waals surface area (Å²) in [5.41, 5.74) is 5.36. The van der Waals surface area contributed by atoms with E-state index in [1.807, 2.05) is 0 Å². The molecule has 0 saturated carbocycles. The molecule has 2 aromatic rings. The topological polar surface area (TPSA) is 116 Å². The Bertz CT molecular complexity index is 451. The van der Waals surface area contributed by atoms with Gasteiger partial charge in [0.2, 0.25) is 11.8 Å². The van der Waals surface area contributed by atoms with Crippen molar-refractivity contribution < 1.29 is 9.26 Å². The number of nitrogens with two attached hydrogens (primary N) is 1. The average Bonchev–Trinajstić information content (AvgIpc) is 2.87. The zero-order valence-electron chi connectivity index (χ0n) is 8.80. The Hall–Kier alpha value is -1.96. The van der Waals surface area contributed by atoms with Gasteiger partial charge >= 0.3 is 0 Å². The van der Waals surface area contributed by atoms with E-state index in [0.29, 0.717) is 24.7 Å². The fourth-order valence-corrected chi connectivity index (χ4v) is 1.20. The molecule has 0 saturated heterocycles. The number of anilines is 1. The molecule has 8 nitrogen and oxygen atoms in total. The minimum atomic E-state index is 0.147. The summed E-state index contributed by atoms with van der Waals surface area (Å²) < 4.78 is 9.93. The van der Waals surface area contributed by atoms with Crippen LogP contribution in [-0.2, 0) is 11.2 Å². The van der Waals surface area contributed by atoms with Gasteiger partial charge in [0.15, 0.2) is 5.82 Å². The highest BCUT2D eigenvalue weighted by molar-refractivity contribution is 5.41. The quantitative estimate of drug-likeness (QED) is 0.687. The van der Waals surface area contributed by atoms with Crippen molar-refractivity contribution in [1.82, 2.24) is 25.3 Å². The highest BCUT2D eigenvalue weighted by atomic mass is 16.5. The summed E-state index contributed by atoms with van der Waals surface area (Å²) in [5, 5.41) is 10.1. The SMILES string of the molecule is COCCCc1noc(-c2nc(N)n[nH]2)n1. The second-order valence-corrected chi connectivity index (χ2v) is 3.15. The van der Waals surface area contributed by atoms with E-state index in [1.165, 1.54) is 0 Å². The predicted octanol–water partition coefficient (Wildman–Crippen LogP) is 0.0159. The van der Waals surface area contributed by atoms with Crippen molar-refractivity contribution in [2.75, 3.05) is 19.5 Å². The Morgan fingerprint density at radius 1 is 1.44 bits per heavy atom. The first kappa shape index (κ1) is 10.6. The van der Waals surface area contributed by atoms with Crippen LogP contribution in [0.2, 0.25) is 0 Å². The predicted molar refractivity (Wildman–Crippen MR) is 54.3 cm³/mol. The van der Waals surface area contributed by atoms with Crippen LogP contribution in [-0.4, -0.2) is 39.0 Å². The number of nitrogen functional groups attached to an aromatic ring is 1. The lowest BCUT2D eigenvalue weighted by atomic mass is 10.3.